The molecule has 0 radical (unpaired) electrons. The van der Waals surface area contributed by atoms with E-state index in [-0.39, 0.29) is 5.91 Å². The van der Waals surface area contributed by atoms with Crippen LogP contribution in [-0.4, -0.2) is 69.3 Å². The summed E-state index contributed by atoms with van der Waals surface area (Å²) >= 11 is 1.48. The SMILES string of the molecule is CCc1cc(NC(=O)Nc2ccc(-c3cn4c(n3)sc3nc(OCC5(C(=O)N6CCOCC6)CC5)ccc34)cc2)no1. The molecule has 5 heterocycles. The number of imidazole rings is 1. The van der Waals surface area contributed by atoms with E-state index in [0.29, 0.717) is 62.5 Å². The number of nitrogens with zero attached hydrogens (tertiary/aromatic N) is 5. The zero-order chi connectivity index (χ0) is 28.7. The second kappa shape index (κ2) is 10.7. The van der Waals surface area contributed by atoms with E-state index < -0.39 is 11.4 Å². The topological polar surface area (TPSA) is 136 Å². The Morgan fingerprint density at radius 3 is 2.62 bits per heavy atom. The fraction of sp³-hybridized carbons (Fsp3) is 0.345. The summed E-state index contributed by atoms with van der Waals surface area (Å²) in [4.78, 5) is 38.3. The first-order valence-corrected chi connectivity index (χ1v) is 14.7. The Hall–Kier alpha value is -4.49. The van der Waals surface area contributed by atoms with Crippen LogP contribution < -0.4 is 15.4 Å². The highest BCUT2D eigenvalue weighted by Crippen LogP contribution is 2.47. The van der Waals surface area contributed by atoms with Gasteiger partial charge in [-0.15, -0.1) is 0 Å². The van der Waals surface area contributed by atoms with Crippen molar-refractivity contribution in [3.8, 4) is 17.1 Å². The third-order valence-corrected chi connectivity index (χ3v) is 8.59. The number of thiazole rings is 1. The number of hydrogen-bond donors (Lipinski definition) is 2. The minimum absolute atomic E-state index is 0.165. The molecule has 13 heteroatoms. The molecule has 2 N–H and O–H groups in total. The van der Waals surface area contributed by atoms with Gasteiger partial charge in [0.25, 0.3) is 0 Å². The van der Waals surface area contributed by atoms with Gasteiger partial charge in [0.05, 0.1) is 29.8 Å². The zero-order valence-electron chi connectivity index (χ0n) is 23.0. The number of fused-ring (bicyclic) bond motifs is 3. The number of nitrogens with one attached hydrogen (secondary N) is 2. The quantitative estimate of drug-likeness (QED) is 0.264. The Balaban J connectivity index is 1.00. The van der Waals surface area contributed by atoms with Gasteiger partial charge in [-0.05, 0) is 31.0 Å². The van der Waals surface area contributed by atoms with Gasteiger partial charge in [0.1, 0.15) is 17.2 Å². The molecule has 5 aromatic rings. The summed E-state index contributed by atoms with van der Waals surface area (Å²) in [5, 5.41) is 9.27. The van der Waals surface area contributed by atoms with Gasteiger partial charge in [-0.25, -0.2) is 14.8 Å². The summed E-state index contributed by atoms with van der Waals surface area (Å²) in [5.74, 6) is 1.74. The van der Waals surface area contributed by atoms with Crippen LogP contribution in [0.3, 0.4) is 0 Å². The van der Waals surface area contributed by atoms with Crippen molar-refractivity contribution in [3.63, 3.8) is 0 Å². The average molecular weight is 588 g/mol. The Morgan fingerprint density at radius 2 is 1.88 bits per heavy atom. The lowest BCUT2D eigenvalue weighted by atomic mass is 10.1. The second-order valence-corrected chi connectivity index (χ2v) is 11.5. The van der Waals surface area contributed by atoms with E-state index in [0.717, 1.165) is 39.4 Å². The molecule has 12 nitrogen and oxygen atoms in total. The fourth-order valence-corrected chi connectivity index (χ4v) is 5.99. The normalized spacial score (nSPS) is 16.1. The molecule has 1 aromatic carbocycles. The Kier molecular flexibility index (Phi) is 6.75. The monoisotopic (exact) mass is 587 g/mol. The van der Waals surface area contributed by atoms with Crippen molar-refractivity contribution in [3.05, 3.63) is 54.4 Å². The fourth-order valence-electron chi connectivity index (χ4n) is 5.01. The van der Waals surface area contributed by atoms with E-state index >= 15 is 0 Å². The Morgan fingerprint density at radius 1 is 1.07 bits per heavy atom. The van der Waals surface area contributed by atoms with Gasteiger partial charge < -0.3 is 24.2 Å². The van der Waals surface area contributed by atoms with Crippen LogP contribution in [0.1, 0.15) is 25.5 Å². The van der Waals surface area contributed by atoms with Crippen molar-refractivity contribution in [1.29, 1.82) is 0 Å². The van der Waals surface area contributed by atoms with Crippen LogP contribution >= 0.6 is 11.3 Å². The lowest BCUT2D eigenvalue weighted by Gasteiger charge is -2.30. The van der Waals surface area contributed by atoms with Gasteiger partial charge in [-0.1, -0.05) is 35.5 Å². The third kappa shape index (κ3) is 5.16. The summed E-state index contributed by atoms with van der Waals surface area (Å²) in [5.41, 5.74) is 2.87. The molecule has 2 fully saturated rings. The van der Waals surface area contributed by atoms with Crippen LogP contribution in [-0.2, 0) is 16.0 Å². The molecule has 1 aliphatic carbocycles. The summed E-state index contributed by atoms with van der Waals surface area (Å²) < 4.78 is 18.5. The molecule has 0 bridgehead atoms. The molecule has 7 rings (SSSR count). The van der Waals surface area contributed by atoms with Gasteiger partial charge >= 0.3 is 6.03 Å². The number of carbonyl (C=O) groups is 2. The highest BCUT2D eigenvalue weighted by atomic mass is 32.1. The number of anilines is 2. The van der Waals surface area contributed by atoms with E-state index in [1.54, 1.807) is 6.07 Å². The van der Waals surface area contributed by atoms with Crippen molar-refractivity contribution in [2.45, 2.75) is 26.2 Å². The van der Waals surface area contributed by atoms with Crippen molar-refractivity contribution in [2.75, 3.05) is 43.5 Å². The highest BCUT2D eigenvalue weighted by molar-refractivity contribution is 7.23. The first-order valence-electron chi connectivity index (χ1n) is 13.9. The standard InChI is InChI=1S/C29H29N7O5S/c1-2-20-15-23(34-41-20)32-27(38)30-19-5-3-18(4-6-19)21-16-36-22-7-8-24(33-25(22)42-28(36)31-21)40-17-29(9-10-29)26(37)35-11-13-39-14-12-35/h3-8,15-16H,2,9-14,17H2,1H3,(H2,30,32,34,38). The van der Waals surface area contributed by atoms with Crippen LogP contribution in [0.5, 0.6) is 5.88 Å². The molecular weight excluding hydrogens is 558 g/mol. The average Bonchev–Trinajstić information content (AvgIpc) is 3.30. The van der Waals surface area contributed by atoms with Gasteiger partial charge in [-0.3, -0.25) is 14.5 Å². The van der Waals surface area contributed by atoms with Crippen LogP contribution in [0.15, 0.2) is 53.2 Å². The lowest BCUT2D eigenvalue weighted by Crippen LogP contribution is -2.46. The predicted molar refractivity (Wildman–Crippen MR) is 157 cm³/mol. The van der Waals surface area contributed by atoms with Crippen LogP contribution in [0.4, 0.5) is 16.3 Å². The molecule has 4 aromatic heterocycles. The number of urea groups is 1. The largest absolute Gasteiger partial charge is 0.476 e. The number of hydrogen-bond acceptors (Lipinski definition) is 9. The zero-order valence-corrected chi connectivity index (χ0v) is 23.8. The smallest absolute Gasteiger partial charge is 0.324 e. The minimum atomic E-state index is -0.433. The predicted octanol–water partition coefficient (Wildman–Crippen LogP) is 4.82. The van der Waals surface area contributed by atoms with Crippen LogP contribution in [0, 0.1) is 5.41 Å². The number of ether oxygens (including phenoxy) is 2. The Labute approximate surface area is 244 Å². The number of amides is 3. The summed E-state index contributed by atoms with van der Waals surface area (Å²) in [7, 11) is 0. The highest BCUT2D eigenvalue weighted by Gasteiger charge is 2.52. The Bertz CT molecular complexity index is 1770. The van der Waals surface area contributed by atoms with Crippen LogP contribution in [0.25, 0.3) is 26.6 Å². The molecule has 1 saturated heterocycles. The molecular formula is C29H29N7O5S. The van der Waals surface area contributed by atoms with E-state index in [9.17, 15) is 9.59 Å². The molecule has 0 unspecified atom stereocenters. The number of carbonyl (C=O) groups excluding carboxylic acids is 2. The first kappa shape index (κ1) is 26.4. The van der Waals surface area contributed by atoms with E-state index in [2.05, 4.69) is 15.8 Å². The molecule has 0 atom stereocenters. The number of morpholine rings is 1. The maximum atomic E-state index is 13.0. The molecule has 3 amide bonds. The number of benzene rings is 1. The van der Waals surface area contributed by atoms with Crippen molar-refractivity contribution in [2.24, 2.45) is 5.41 Å². The molecule has 42 heavy (non-hydrogen) atoms. The van der Waals surface area contributed by atoms with Gasteiger partial charge in [-0.2, -0.15) is 0 Å². The van der Waals surface area contributed by atoms with Crippen LogP contribution in [0.2, 0.25) is 0 Å². The summed E-state index contributed by atoms with van der Waals surface area (Å²) in [6.45, 7) is 4.75. The van der Waals surface area contributed by atoms with Gasteiger partial charge in [0.2, 0.25) is 11.8 Å². The van der Waals surface area contributed by atoms with E-state index in [1.807, 2.05) is 58.8 Å². The van der Waals surface area contributed by atoms with Crippen molar-refractivity contribution in [1.82, 2.24) is 24.4 Å². The summed E-state index contributed by atoms with van der Waals surface area (Å²) in [6, 6.07) is 12.6. The third-order valence-electron chi connectivity index (χ3n) is 7.63. The van der Waals surface area contributed by atoms with E-state index in [1.165, 1.54) is 11.3 Å². The molecule has 1 saturated carbocycles. The minimum Gasteiger partial charge on any atom is -0.476 e. The van der Waals surface area contributed by atoms with Crippen molar-refractivity contribution < 1.29 is 23.6 Å². The number of pyridine rings is 1. The second-order valence-electron chi connectivity index (χ2n) is 10.5. The molecule has 2 aliphatic rings. The van der Waals surface area contributed by atoms with Crippen molar-refractivity contribution >= 4 is 50.1 Å². The lowest BCUT2D eigenvalue weighted by molar-refractivity contribution is -0.142. The number of rotatable bonds is 8. The van der Waals surface area contributed by atoms with Gasteiger partial charge in [0, 0.05) is 49.1 Å². The first-order chi connectivity index (χ1) is 20.5. The maximum absolute atomic E-state index is 13.0. The number of aromatic nitrogens is 4. The number of aryl methyl sites for hydroxylation is 1. The molecule has 0 spiro atoms. The van der Waals surface area contributed by atoms with Gasteiger partial charge in [0.15, 0.2) is 10.8 Å². The van der Waals surface area contributed by atoms with E-state index in [4.69, 9.17) is 24.0 Å². The summed E-state index contributed by atoms with van der Waals surface area (Å²) in [6.07, 6.45) is 4.36. The molecule has 1 aliphatic heterocycles. The maximum Gasteiger partial charge on any atom is 0.324 e. The molecule has 216 valence electrons.